The van der Waals surface area contributed by atoms with Crippen LogP contribution in [0.3, 0.4) is 0 Å². The van der Waals surface area contributed by atoms with E-state index < -0.39 is 0 Å². The van der Waals surface area contributed by atoms with Crippen molar-refractivity contribution in [2.45, 2.75) is 33.6 Å². The lowest BCUT2D eigenvalue weighted by Crippen LogP contribution is -2.23. The molecule has 2 atom stereocenters. The van der Waals surface area contributed by atoms with Gasteiger partial charge in [-0.3, -0.25) is 4.79 Å². The van der Waals surface area contributed by atoms with E-state index in [9.17, 15) is 4.79 Å². The fraction of sp³-hybridized carbons (Fsp3) is 0.750. The number of carbonyl (C=O) groups is 1. The maximum atomic E-state index is 11.7. The van der Waals surface area contributed by atoms with Gasteiger partial charge in [0, 0.05) is 6.42 Å². The van der Waals surface area contributed by atoms with Gasteiger partial charge in [0.05, 0.1) is 0 Å². The zero-order chi connectivity index (χ0) is 10.7. The third kappa shape index (κ3) is 2.63. The van der Waals surface area contributed by atoms with Gasteiger partial charge in [0.25, 0.3) is 0 Å². The van der Waals surface area contributed by atoms with E-state index in [0.29, 0.717) is 17.6 Å². The summed E-state index contributed by atoms with van der Waals surface area (Å²) < 4.78 is 0. The molecule has 0 saturated carbocycles. The Hall–Kier alpha value is -0.240. The second kappa shape index (κ2) is 5.01. The number of hydrogen-bond donors (Lipinski definition) is 0. The summed E-state index contributed by atoms with van der Waals surface area (Å²) >= 11 is 1.88. The van der Waals surface area contributed by atoms with Crippen molar-refractivity contribution < 1.29 is 4.79 Å². The highest BCUT2D eigenvalue weighted by molar-refractivity contribution is 7.98. The van der Waals surface area contributed by atoms with Crippen LogP contribution in [0.25, 0.3) is 0 Å². The molecule has 0 aromatic rings. The van der Waals surface area contributed by atoms with Crippen LogP contribution in [-0.2, 0) is 4.79 Å². The zero-order valence-corrected chi connectivity index (χ0v) is 10.4. The van der Waals surface area contributed by atoms with Crippen LogP contribution in [0.15, 0.2) is 11.1 Å². The van der Waals surface area contributed by atoms with Crippen LogP contribution < -0.4 is 0 Å². The first-order valence-corrected chi connectivity index (χ1v) is 6.64. The van der Waals surface area contributed by atoms with Crippen molar-refractivity contribution >= 4 is 17.5 Å². The van der Waals surface area contributed by atoms with Crippen molar-refractivity contribution in [2.75, 3.05) is 12.0 Å². The van der Waals surface area contributed by atoms with Crippen LogP contribution in [0, 0.1) is 11.8 Å². The molecule has 1 aliphatic carbocycles. The van der Waals surface area contributed by atoms with Crippen molar-refractivity contribution in [3.8, 4) is 0 Å². The van der Waals surface area contributed by atoms with Gasteiger partial charge in [-0.2, -0.15) is 11.8 Å². The summed E-state index contributed by atoms with van der Waals surface area (Å²) in [6.07, 6.45) is 4.03. The van der Waals surface area contributed by atoms with Crippen molar-refractivity contribution in [3.05, 3.63) is 11.1 Å². The maximum absolute atomic E-state index is 11.7. The van der Waals surface area contributed by atoms with Crippen LogP contribution in [0.1, 0.15) is 33.6 Å². The van der Waals surface area contributed by atoms with Crippen molar-refractivity contribution in [2.24, 2.45) is 11.8 Å². The molecule has 80 valence electrons. The summed E-state index contributed by atoms with van der Waals surface area (Å²) in [5, 5.41) is 0. The first-order valence-electron chi connectivity index (χ1n) is 5.24. The Morgan fingerprint density at radius 1 is 1.43 bits per heavy atom. The fourth-order valence-electron chi connectivity index (χ4n) is 2.05. The van der Waals surface area contributed by atoms with Crippen molar-refractivity contribution in [1.29, 1.82) is 0 Å². The normalized spacial score (nSPS) is 25.4. The average molecular weight is 212 g/mol. The average Bonchev–Trinajstić information content (AvgIpc) is 2.13. The molecule has 1 nitrogen and oxygen atoms in total. The van der Waals surface area contributed by atoms with Crippen LogP contribution in [-0.4, -0.2) is 17.8 Å². The van der Waals surface area contributed by atoms with Gasteiger partial charge in [-0.1, -0.05) is 12.5 Å². The lowest BCUT2D eigenvalue weighted by Gasteiger charge is -2.28. The largest absolute Gasteiger partial charge is 0.295 e. The molecular formula is C12H20OS. The minimum atomic E-state index is 0.367. The van der Waals surface area contributed by atoms with Gasteiger partial charge in [-0.25, -0.2) is 0 Å². The number of allylic oxidation sites excluding steroid dienone is 2. The molecule has 0 spiro atoms. The molecule has 0 aromatic heterocycles. The number of thioether (sulfide) groups is 1. The van der Waals surface area contributed by atoms with Gasteiger partial charge in [-0.15, -0.1) is 0 Å². The molecule has 0 amide bonds. The molecule has 0 heterocycles. The van der Waals surface area contributed by atoms with Gasteiger partial charge >= 0.3 is 0 Å². The predicted octanol–water partition coefficient (Wildman–Crippen LogP) is 3.30. The van der Waals surface area contributed by atoms with E-state index in [1.165, 1.54) is 11.3 Å². The summed E-state index contributed by atoms with van der Waals surface area (Å²) in [6, 6.07) is 0. The Morgan fingerprint density at radius 3 is 2.57 bits per heavy atom. The number of rotatable bonds is 3. The van der Waals surface area contributed by atoms with Gasteiger partial charge in [0.15, 0.2) is 5.78 Å². The molecule has 0 aliphatic heterocycles. The fourth-order valence-corrected chi connectivity index (χ4v) is 2.85. The van der Waals surface area contributed by atoms with Crippen LogP contribution >= 0.6 is 11.8 Å². The van der Waals surface area contributed by atoms with Crippen LogP contribution in [0.4, 0.5) is 0 Å². The number of Topliss-reactive ketones (excluding diaryl/α,β-unsaturated/α-hetero) is 1. The standard InChI is InChI=1S/C12H20OS/c1-8-5-11(9(2)7-14-4)6-12(13)10(8)3/h9,11H,5-7H2,1-4H3. The topological polar surface area (TPSA) is 17.1 Å². The molecule has 1 aliphatic rings. The molecule has 0 fully saturated rings. The molecular weight excluding hydrogens is 192 g/mol. The van der Waals surface area contributed by atoms with E-state index in [1.807, 2.05) is 18.7 Å². The van der Waals surface area contributed by atoms with Crippen LogP contribution in [0.2, 0.25) is 0 Å². The summed E-state index contributed by atoms with van der Waals surface area (Å²) in [5.74, 6) is 2.78. The first-order chi connectivity index (χ1) is 6.56. The van der Waals surface area contributed by atoms with Gasteiger partial charge < -0.3 is 0 Å². The second-order valence-corrected chi connectivity index (χ2v) is 5.34. The second-order valence-electron chi connectivity index (χ2n) is 4.43. The maximum Gasteiger partial charge on any atom is 0.158 e. The highest BCUT2D eigenvalue weighted by Crippen LogP contribution is 2.32. The Balaban J connectivity index is 2.65. The molecule has 1 rings (SSSR count). The zero-order valence-electron chi connectivity index (χ0n) is 9.59. The third-order valence-electron chi connectivity index (χ3n) is 3.31. The van der Waals surface area contributed by atoms with E-state index in [0.717, 1.165) is 18.4 Å². The molecule has 2 unspecified atom stereocenters. The monoisotopic (exact) mass is 212 g/mol. The van der Waals surface area contributed by atoms with Gasteiger partial charge in [0.1, 0.15) is 0 Å². The molecule has 0 N–H and O–H groups in total. The van der Waals surface area contributed by atoms with E-state index in [4.69, 9.17) is 0 Å². The lowest BCUT2D eigenvalue weighted by molar-refractivity contribution is -0.117. The van der Waals surface area contributed by atoms with Gasteiger partial charge in [0.2, 0.25) is 0 Å². The molecule has 0 aromatic carbocycles. The van der Waals surface area contributed by atoms with E-state index in [2.05, 4.69) is 20.1 Å². The van der Waals surface area contributed by atoms with Crippen molar-refractivity contribution in [3.63, 3.8) is 0 Å². The van der Waals surface area contributed by atoms with E-state index in [-0.39, 0.29) is 0 Å². The minimum Gasteiger partial charge on any atom is -0.295 e. The Morgan fingerprint density at radius 2 is 2.07 bits per heavy atom. The predicted molar refractivity (Wildman–Crippen MR) is 63.7 cm³/mol. The highest BCUT2D eigenvalue weighted by Gasteiger charge is 2.26. The lowest BCUT2D eigenvalue weighted by atomic mass is 9.78. The summed E-state index contributed by atoms with van der Waals surface area (Å²) in [6.45, 7) is 6.33. The minimum absolute atomic E-state index is 0.367. The SMILES string of the molecule is CSCC(C)C1CC(=O)C(C)=C(C)C1. The smallest absolute Gasteiger partial charge is 0.158 e. The van der Waals surface area contributed by atoms with Gasteiger partial charge in [-0.05, 0) is 49.7 Å². The Kier molecular flexibility index (Phi) is 4.24. The van der Waals surface area contributed by atoms with Crippen molar-refractivity contribution in [1.82, 2.24) is 0 Å². The Bertz CT molecular complexity index is 255. The molecule has 0 radical (unpaired) electrons. The highest BCUT2D eigenvalue weighted by atomic mass is 32.2. The Labute approximate surface area is 91.3 Å². The first kappa shape index (κ1) is 11.8. The molecule has 0 saturated heterocycles. The summed E-state index contributed by atoms with van der Waals surface area (Å²) in [4.78, 5) is 11.7. The number of hydrogen-bond acceptors (Lipinski definition) is 2. The molecule has 14 heavy (non-hydrogen) atoms. The van der Waals surface area contributed by atoms with E-state index in [1.54, 1.807) is 0 Å². The third-order valence-corrected chi connectivity index (χ3v) is 4.17. The summed E-state index contributed by atoms with van der Waals surface area (Å²) in [7, 11) is 0. The van der Waals surface area contributed by atoms with E-state index >= 15 is 0 Å². The molecule has 0 bridgehead atoms. The quantitative estimate of drug-likeness (QED) is 0.714. The summed E-state index contributed by atoms with van der Waals surface area (Å²) in [5.41, 5.74) is 2.32. The molecule has 2 heteroatoms. The number of ketones is 1. The number of carbonyl (C=O) groups excluding carboxylic acids is 1. The van der Waals surface area contributed by atoms with Crippen LogP contribution in [0.5, 0.6) is 0 Å².